The quantitative estimate of drug-likeness (QED) is 0.548. The van der Waals surface area contributed by atoms with Crippen molar-refractivity contribution in [3.05, 3.63) is 29.5 Å². The molecule has 0 bridgehead atoms. The Morgan fingerprint density at radius 1 is 1.30 bits per heavy atom. The Morgan fingerprint density at radius 3 is 2.70 bits per heavy atom. The average Bonchev–Trinajstić information content (AvgIpc) is 3.16. The van der Waals surface area contributed by atoms with Gasteiger partial charge in [-0.15, -0.1) is 4.40 Å². The number of nitrogens with zero attached hydrogens (tertiary/aromatic N) is 2. The van der Waals surface area contributed by atoms with E-state index in [2.05, 4.69) is 28.3 Å². The number of aliphatic hydroxyl groups is 1. The molecule has 1 amide bonds. The maximum atomic E-state index is 13.4. The minimum atomic E-state index is -4.26. The van der Waals surface area contributed by atoms with Crippen molar-refractivity contribution in [2.24, 2.45) is 16.2 Å². The largest absolute Gasteiger partial charge is 0.511 e. The van der Waals surface area contributed by atoms with Crippen LogP contribution in [0.1, 0.15) is 39.5 Å². The number of amides is 1. The number of hydrogen-bond acceptors (Lipinski definition) is 7. The highest BCUT2D eigenvalue weighted by molar-refractivity contribution is 7.92. The number of nitrogens with one attached hydrogen (secondary N) is 2. The molecule has 1 fully saturated rings. The Morgan fingerprint density at radius 2 is 2.03 bits per heavy atom. The smallest absolute Gasteiger partial charge is 0.286 e. The van der Waals surface area contributed by atoms with Gasteiger partial charge in [0.15, 0.2) is 5.84 Å². The Hall–Kier alpha value is -2.60. The van der Waals surface area contributed by atoms with Crippen LogP contribution in [-0.2, 0) is 24.8 Å². The molecule has 2 unspecified atom stereocenters. The first kappa shape index (κ1) is 23.6. The van der Waals surface area contributed by atoms with E-state index in [1.807, 2.05) is 0 Å². The number of rotatable bonds is 6. The second kappa shape index (κ2) is 8.32. The molecule has 0 spiro atoms. The number of hydrogen-bond donors (Lipinski definition) is 3. The van der Waals surface area contributed by atoms with E-state index in [1.54, 1.807) is 4.90 Å². The van der Waals surface area contributed by atoms with E-state index < -0.39 is 26.0 Å². The van der Waals surface area contributed by atoms with Crippen LogP contribution >= 0.6 is 0 Å². The zero-order valence-corrected chi connectivity index (χ0v) is 20.3. The summed E-state index contributed by atoms with van der Waals surface area (Å²) in [5.74, 6) is -0.638. The molecule has 1 aromatic carbocycles. The van der Waals surface area contributed by atoms with Gasteiger partial charge in [0.25, 0.3) is 15.9 Å². The van der Waals surface area contributed by atoms with Crippen molar-refractivity contribution in [1.29, 1.82) is 0 Å². The molecule has 0 aromatic heterocycles. The minimum Gasteiger partial charge on any atom is -0.511 e. The average molecular weight is 497 g/mol. The monoisotopic (exact) mass is 496 g/mol. The SMILES string of the molecule is CC(C)CCN1C(=O)C(C2=NS(=O)(=O)c3cc(NS(C)(=O)=O)ccc3N2)=C(O)C2CCCC21. The van der Waals surface area contributed by atoms with Crippen LogP contribution < -0.4 is 10.0 Å². The lowest BCUT2D eigenvalue weighted by molar-refractivity contribution is -0.131. The van der Waals surface area contributed by atoms with Crippen LogP contribution in [-0.4, -0.2) is 57.4 Å². The molecule has 2 atom stereocenters. The maximum Gasteiger partial charge on any atom is 0.286 e. The molecule has 0 saturated heterocycles. The highest BCUT2D eigenvalue weighted by Crippen LogP contribution is 2.41. The Bertz CT molecular complexity index is 1270. The van der Waals surface area contributed by atoms with Gasteiger partial charge in [-0.05, 0) is 43.4 Å². The second-order valence-electron chi connectivity index (χ2n) is 9.17. The van der Waals surface area contributed by atoms with Crippen molar-refractivity contribution in [3.63, 3.8) is 0 Å². The molecular weight excluding hydrogens is 468 g/mol. The first-order chi connectivity index (χ1) is 15.4. The summed E-state index contributed by atoms with van der Waals surface area (Å²) in [5, 5.41) is 13.9. The molecule has 1 aliphatic carbocycles. The number of benzene rings is 1. The van der Waals surface area contributed by atoms with Gasteiger partial charge in [0.1, 0.15) is 16.2 Å². The van der Waals surface area contributed by atoms with Gasteiger partial charge < -0.3 is 15.3 Å². The fourth-order valence-corrected chi connectivity index (χ4v) is 6.36. The van der Waals surface area contributed by atoms with Gasteiger partial charge in [-0.2, -0.15) is 8.42 Å². The number of aliphatic hydroxyl groups excluding tert-OH is 1. The summed E-state index contributed by atoms with van der Waals surface area (Å²) in [6.07, 6.45) is 4.13. The summed E-state index contributed by atoms with van der Waals surface area (Å²) in [5.41, 5.74) is 0.105. The van der Waals surface area contributed by atoms with Gasteiger partial charge in [-0.25, -0.2) is 8.42 Å². The van der Waals surface area contributed by atoms with Gasteiger partial charge >= 0.3 is 0 Å². The number of sulfonamides is 2. The zero-order chi connectivity index (χ0) is 24.1. The van der Waals surface area contributed by atoms with Crippen molar-refractivity contribution in [1.82, 2.24) is 4.90 Å². The first-order valence-corrected chi connectivity index (χ1v) is 14.2. The summed E-state index contributed by atoms with van der Waals surface area (Å²) >= 11 is 0. The lowest BCUT2D eigenvalue weighted by Gasteiger charge is -2.39. The number of amidine groups is 1. The molecule has 3 N–H and O–H groups in total. The van der Waals surface area contributed by atoms with Crippen molar-refractivity contribution in [3.8, 4) is 0 Å². The number of anilines is 2. The van der Waals surface area contributed by atoms with Crippen LogP contribution in [0.25, 0.3) is 0 Å². The van der Waals surface area contributed by atoms with Crippen LogP contribution in [0.4, 0.5) is 11.4 Å². The normalized spacial score (nSPS) is 24.3. The van der Waals surface area contributed by atoms with E-state index in [1.165, 1.54) is 12.1 Å². The van der Waals surface area contributed by atoms with Crippen molar-refractivity contribution in [2.75, 3.05) is 22.8 Å². The number of fused-ring (bicyclic) bond motifs is 2. The van der Waals surface area contributed by atoms with Gasteiger partial charge in [0.05, 0.1) is 11.9 Å². The first-order valence-electron chi connectivity index (χ1n) is 10.9. The van der Waals surface area contributed by atoms with E-state index in [0.29, 0.717) is 18.9 Å². The van der Waals surface area contributed by atoms with E-state index in [4.69, 9.17) is 0 Å². The Balaban J connectivity index is 1.73. The van der Waals surface area contributed by atoms with E-state index in [0.717, 1.165) is 31.6 Å². The van der Waals surface area contributed by atoms with Crippen LogP contribution in [0.15, 0.2) is 38.8 Å². The Labute approximate surface area is 193 Å². The van der Waals surface area contributed by atoms with E-state index in [9.17, 15) is 26.7 Å². The van der Waals surface area contributed by atoms with Gasteiger partial charge in [-0.1, -0.05) is 20.3 Å². The zero-order valence-electron chi connectivity index (χ0n) is 18.7. The molecule has 2 heterocycles. The predicted octanol–water partition coefficient (Wildman–Crippen LogP) is 2.44. The summed E-state index contributed by atoms with van der Waals surface area (Å²) in [7, 11) is -7.86. The van der Waals surface area contributed by atoms with Crippen molar-refractivity contribution in [2.45, 2.75) is 50.5 Å². The molecule has 0 radical (unpaired) electrons. The maximum absolute atomic E-state index is 13.4. The standard InChI is InChI=1S/C21H28N4O6S2/c1-12(2)9-10-25-16-6-4-5-14(16)19(26)18(21(25)27)20-22-15-8-7-13(23-32(3,28)29)11-17(15)33(30,31)24-20/h7-8,11-12,14,16,23,26H,4-6,9-10H2,1-3H3,(H,22,24). The van der Waals surface area contributed by atoms with Gasteiger partial charge in [0.2, 0.25) is 10.0 Å². The highest BCUT2D eigenvalue weighted by atomic mass is 32.2. The van der Waals surface area contributed by atoms with Crippen LogP contribution in [0.5, 0.6) is 0 Å². The summed E-state index contributed by atoms with van der Waals surface area (Å²) in [6.45, 7) is 4.65. The molecule has 10 nitrogen and oxygen atoms in total. The minimum absolute atomic E-state index is 0.0738. The summed E-state index contributed by atoms with van der Waals surface area (Å²) in [4.78, 5) is 15.0. The number of carbonyl (C=O) groups excluding carboxylic acids is 1. The van der Waals surface area contributed by atoms with Crippen LogP contribution in [0.3, 0.4) is 0 Å². The third-order valence-corrected chi connectivity index (χ3v) is 8.10. The molecule has 1 saturated carbocycles. The third kappa shape index (κ3) is 4.58. The predicted molar refractivity (Wildman–Crippen MR) is 125 cm³/mol. The molecule has 180 valence electrons. The van der Waals surface area contributed by atoms with E-state index >= 15 is 0 Å². The van der Waals surface area contributed by atoms with Crippen LogP contribution in [0.2, 0.25) is 0 Å². The lowest BCUT2D eigenvalue weighted by Crippen LogP contribution is -2.50. The molecule has 33 heavy (non-hydrogen) atoms. The summed E-state index contributed by atoms with van der Waals surface area (Å²) < 4.78 is 54.9. The third-order valence-electron chi connectivity index (χ3n) is 6.17. The Kier molecular flexibility index (Phi) is 5.94. The molecule has 2 aliphatic heterocycles. The molecule has 12 heteroatoms. The van der Waals surface area contributed by atoms with Crippen LogP contribution in [0, 0.1) is 11.8 Å². The fraction of sp³-hybridized carbons (Fsp3) is 0.524. The second-order valence-corrected chi connectivity index (χ2v) is 12.5. The highest BCUT2D eigenvalue weighted by Gasteiger charge is 2.46. The lowest BCUT2D eigenvalue weighted by atomic mass is 9.89. The molecule has 4 rings (SSSR count). The van der Waals surface area contributed by atoms with Crippen molar-refractivity contribution >= 4 is 43.2 Å². The van der Waals surface area contributed by atoms with Gasteiger partial charge in [0, 0.05) is 24.2 Å². The summed E-state index contributed by atoms with van der Waals surface area (Å²) in [6, 6.07) is 3.87. The number of carbonyl (C=O) groups is 1. The van der Waals surface area contributed by atoms with Gasteiger partial charge in [-0.3, -0.25) is 9.52 Å². The molecule has 3 aliphatic rings. The fourth-order valence-electron chi connectivity index (χ4n) is 4.65. The van der Waals surface area contributed by atoms with Crippen molar-refractivity contribution < 1.29 is 26.7 Å². The topological polar surface area (TPSA) is 145 Å². The van der Waals surface area contributed by atoms with E-state index in [-0.39, 0.29) is 45.4 Å². The molecule has 1 aromatic rings. The molecular formula is C21H28N4O6S2.